The number of Topliss-reactive ketones (excluding diaryl/α,β-unsaturated/α-hetero) is 2. The largest absolute Gasteiger partial charge is 0.289 e. The predicted octanol–water partition coefficient (Wildman–Crippen LogP) is 16.1. The fourth-order valence-electron chi connectivity index (χ4n) is 7.65. The highest BCUT2D eigenvalue weighted by Gasteiger charge is 2.36. The van der Waals surface area contributed by atoms with E-state index in [1.807, 2.05) is 72.8 Å². The lowest BCUT2D eigenvalue weighted by Crippen LogP contribution is -2.28. The van der Waals surface area contributed by atoms with Gasteiger partial charge in [0.05, 0.1) is 21.1 Å². The van der Waals surface area contributed by atoms with Crippen LogP contribution in [0.15, 0.2) is 175 Å². The minimum Gasteiger partial charge on any atom is -0.289 e. The Balaban J connectivity index is 1.51. The summed E-state index contributed by atoms with van der Waals surface area (Å²) in [7, 11) is 0. The second-order valence-corrected chi connectivity index (χ2v) is 21.1. The summed E-state index contributed by atoms with van der Waals surface area (Å²) in [5.74, 6) is 0.105. The van der Waals surface area contributed by atoms with Crippen LogP contribution in [-0.4, -0.2) is 11.6 Å². The average molecular weight is 825 g/mol. The summed E-state index contributed by atoms with van der Waals surface area (Å²) >= 11 is 1.54. The molecule has 310 valence electrons. The number of rotatable bonds is 6. The average Bonchev–Trinajstić information content (AvgIpc) is 3.66. The summed E-state index contributed by atoms with van der Waals surface area (Å²) in [6.45, 7) is 24.9. The number of carbonyl (C=O) groups is 2. The van der Waals surface area contributed by atoms with Gasteiger partial charge in [-0.25, -0.2) is 0 Å². The molecule has 0 N–H and O–H groups in total. The number of carbonyl (C=O) groups excluding carboxylic acids is 2. The van der Waals surface area contributed by atoms with E-state index < -0.39 is 21.7 Å². The second kappa shape index (κ2) is 16.2. The molecule has 0 fully saturated rings. The van der Waals surface area contributed by atoms with Gasteiger partial charge in [0.2, 0.25) is 0 Å². The lowest BCUT2D eigenvalue weighted by molar-refractivity contribution is -0.114. The van der Waals surface area contributed by atoms with Crippen molar-refractivity contribution in [2.75, 3.05) is 0 Å². The van der Waals surface area contributed by atoms with E-state index in [1.165, 1.54) is 0 Å². The lowest BCUT2D eigenvalue weighted by atomic mass is 9.71. The highest BCUT2D eigenvalue weighted by molar-refractivity contribution is 7.14. The molecule has 2 aliphatic rings. The highest BCUT2D eigenvalue weighted by Crippen LogP contribution is 2.45. The summed E-state index contributed by atoms with van der Waals surface area (Å²) in [6, 6.07) is 32.5. The van der Waals surface area contributed by atoms with Crippen molar-refractivity contribution in [3.05, 3.63) is 165 Å². The summed E-state index contributed by atoms with van der Waals surface area (Å²) in [5.41, 5.74) is 5.63. The van der Waals surface area contributed by atoms with Crippen molar-refractivity contribution in [2.24, 2.45) is 42.1 Å². The number of hydrogen-bond donors (Lipinski definition) is 0. The van der Waals surface area contributed by atoms with Crippen LogP contribution in [0.1, 0.15) is 92.8 Å². The van der Waals surface area contributed by atoms with Gasteiger partial charge < -0.3 is 0 Å². The van der Waals surface area contributed by atoms with Gasteiger partial charge in [0.15, 0.2) is 11.6 Å². The number of allylic oxidation sites excluding steroid dienone is 10. The van der Waals surface area contributed by atoms with E-state index in [-0.39, 0.29) is 11.6 Å². The number of nitrogens with zero attached hydrogens (tertiary/aromatic N) is 4. The number of ketones is 2. The van der Waals surface area contributed by atoms with Crippen molar-refractivity contribution in [1.82, 2.24) is 0 Å². The predicted molar refractivity (Wildman–Crippen MR) is 255 cm³/mol. The monoisotopic (exact) mass is 824 g/mol. The zero-order chi connectivity index (χ0) is 44.1. The van der Waals surface area contributed by atoms with E-state index in [2.05, 4.69) is 132 Å². The van der Waals surface area contributed by atoms with E-state index >= 15 is 0 Å². The molecule has 0 saturated carbocycles. The highest BCUT2D eigenvalue weighted by atomic mass is 32.1. The van der Waals surface area contributed by atoms with Crippen LogP contribution in [0.3, 0.4) is 0 Å². The Kier molecular flexibility index (Phi) is 11.4. The van der Waals surface area contributed by atoms with E-state index in [9.17, 15) is 9.59 Å². The van der Waals surface area contributed by atoms with Crippen LogP contribution in [0.2, 0.25) is 0 Å². The molecule has 0 bridgehead atoms. The molecule has 4 aromatic carbocycles. The lowest BCUT2D eigenvalue weighted by Gasteiger charge is -2.31. The van der Waals surface area contributed by atoms with Crippen LogP contribution in [0.4, 0.5) is 11.4 Å². The summed E-state index contributed by atoms with van der Waals surface area (Å²) in [6.07, 6.45) is 7.99. The molecule has 1 aromatic heterocycles. The maximum Gasteiger partial charge on any atom is 0.186 e. The third kappa shape index (κ3) is 9.08. The van der Waals surface area contributed by atoms with Gasteiger partial charge in [-0.3, -0.25) is 9.59 Å². The Morgan fingerprint density at radius 2 is 0.721 bits per heavy atom. The van der Waals surface area contributed by atoms with Crippen molar-refractivity contribution in [3.63, 3.8) is 0 Å². The second-order valence-electron chi connectivity index (χ2n) is 20.1. The standard InChI is InChI=1S/C54H56N4O2S/c1-51(2,3)39-29-35(30-40(49(39)59)52(4,5)6)47(57-55-43-25-17-21-33-19-13-15-23-37(33)43)45-27-28-46(61-45)48(58-56-44-26-18-22-34-20-14-16-24-38(34)44)36-31-41(53(7,8)9)50(60)42(32-36)54(10,11)12/h13-32H,1-12H3. The number of benzene rings is 4. The van der Waals surface area contributed by atoms with Gasteiger partial charge >= 0.3 is 0 Å². The first-order chi connectivity index (χ1) is 28.6. The molecule has 0 amide bonds. The molecule has 0 atom stereocenters. The first-order valence-corrected chi connectivity index (χ1v) is 21.8. The molecule has 7 heteroatoms. The molecule has 6 nitrogen and oxygen atoms in total. The molecule has 1 heterocycles. The Morgan fingerprint density at radius 1 is 0.410 bits per heavy atom. The molecule has 7 rings (SSSR count). The molecular formula is C54H56N4O2S. The molecule has 0 radical (unpaired) electrons. The molecular weight excluding hydrogens is 769 g/mol. The third-order valence-corrected chi connectivity index (χ3v) is 12.2. The smallest absolute Gasteiger partial charge is 0.186 e. The number of thiophene rings is 1. The van der Waals surface area contributed by atoms with Crippen LogP contribution < -0.4 is 0 Å². The zero-order valence-corrected chi connectivity index (χ0v) is 38.4. The van der Waals surface area contributed by atoms with Crippen molar-refractivity contribution in [1.29, 1.82) is 0 Å². The van der Waals surface area contributed by atoms with Crippen LogP contribution in [0.25, 0.3) is 32.9 Å². The van der Waals surface area contributed by atoms with E-state index in [0.29, 0.717) is 11.4 Å². The Bertz CT molecular complexity index is 2580. The topological polar surface area (TPSA) is 83.6 Å². The van der Waals surface area contributed by atoms with Gasteiger partial charge in [0.25, 0.3) is 0 Å². The van der Waals surface area contributed by atoms with Crippen LogP contribution in [0, 0.1) is 21.7 Å². The van der Waals surface area contributed by atoms with E-state index in [4.69, 9.17) is 20.5 Å². The molecule has 0 spiro atoms. The van der Waals surface area contributed by atoms with Gasteiger partial charge in [0, 0.05) is 44.2 Å². The normalized spacial score (nSPS) is 15.8. The van der Waals surface area contributed by atoms with Crippen molar-refractivity contribution >= 4 is 67.2 Å². The van der Waals surface area contributed by atoms with Gasteiger partial charge in [-0.05, 0) is 81.0 Å². The minimum absolute atomic E-state index is 0.0524. The Morgan fingerprint density at radius 3 is 1.05 bits per heavy atom. The van der Waals surface area contributed by atoms with Gasteiger partial charge in [-0.1, -0.05) is 156 Å². The maximum atomic E-state index is 14.1. The SMILES string of the molecule is CC(C)(C)C1=CC(=C(N=Nc2cccc3ccccc23)c2ccc(C(N=Nc3cccc4ccccc34)=C3C=C(C(C)(C)C)C(=O)C(C(C)(C)C)=C3)s2)C=C(C(C)(C)C)C1=O. The van der Waals surface area contributed by atoms with E-state index in [0.717, 1.165) is 76.1 Å². The number of fused-ring (bicyclic) bond motifs is 2. The number of azo groups is 2. The fraction of sp³-hybridized carbons (Fsp3) is 0.296. The first kappa shape index (κ1) is 43.2. The molecule has 61 heavy (non-hydrogen) atoms. The zero-order valence-electron chi connectivity index (χ0n) is 37.6. The maximum absolute atomic E-state index is 14.1. The van der Waals surface area contributed by atoms with Gasteiger partial charge in [-0.2, -0.15) is 0 Å². The quantitative estimate of drug-likeness (QED) is 0.160. The van der Waals surface area contributed by atoms with Crippen LogP contribution in [-0.2, 0) is 9.59 Å². The van der Waals surface area contributed by atoms with Crippen molar-refractivity contribution in [3.8, 4) is 0 Å². The fourth-order valence-corrected chi connectivity index (χ4v) is 8.67. The third-order valence-electron chi connectivity index (χ3n) is 11.1. The summed E-state index contributed by atoms with van der Waals surface area (Å²) < 4.78 is 0. The molecule has 0 saturated heterocycles. The van der Waals surface area contributed by atoms with E-state index in [1.54, 1.807) is 11.3 Å². The first-order valence-electron chi connectivity index (χ1n) is 21.0. The van der Waals surface area contributed by atoms with Crippen molar-refractivity contribution < 1.29 is 9.59 Å². The molecule has 2 aliphatic carbocycles. The minimum atomic E-state index is -0.419. The molecule has 0 aliphatic heterocycles. The van der Waals surface area contributed by atoms with Gasteiger partial charge in [-0.15, -0.1) is 31.8 Å². The summed E-state index contributed by atoms with van der Waals surface area (Å²) in [4.78, 5) is 30.0. The molecule has 5 aromatic rings. The summed E-state index contributed by atoms with van der Waals surface area (Å²) in [5, 5.41) is 24.2. The molecule has 0 unspecified atom stereocenters. The Hall–Kier alpha value is -5.92. The Labute approximate surface area is 365 Å². The number of hydrogen-bond acceptors (Lipinski definition) is 7. The van der Waals surface area contributed by atoms with Crippen molar-refractivity contribution in [2.45, 2.75) is 83.1 Å². The van der Waals surface area contributed by atoms with Gasteiger partial charge in [0.1, 0.15) is 11.4 Å². The van der Waals surface area contributed by atoms with Crippen LogP contribution >= 0.6 is 11.3 Å². The van der Waals surface area contributed by atoms with Crippen LogP contribution in [0.5, 0.6) is 0 Å².